The van der Waals surface area contributed by atoms with E-state index < -0.39 is 5.60 Å². The minimum absolute atomic E-state index is 0.0481. The topological polar surface area (TPSA) is 71.2 Å². The molecule has 6 nitrogen and oxygen atoms in total. The molecule has 2 fully saturated rings. The van der Waals surface area contributed by atoms with Gasteiger partial charge in [-0.15, -0.1) is 0 Å². The number of aromatic nitrogens is 3. The fourth-order valence-corrected chi connectivity index (χ4v) is 4.24. The van der Waals surface area contributed by atoms with Gasteiger partial charge in [-0.1, -0.05) is 0 Å². The van der Waals surface area contributed by atoms with Gasteiger partial charge in [-0.05, 0) is 31.0 Å². The van der Waals surface area contributed by atoms with E-state index in [2.05, 4.69) is 10.1 Å². The smallest absolute Gasteiger partial charge is 0.254 e. The molecule has 2 aromatic rings. The number of amides is 1. The van der Waals surface area contributed by atoms with Crippen LogP contribution in [-0.2, 0) is 12.6 Å². The van der Waals surface area contributed by atoms with E-state index in [9.17, 15) is 9.90 Å². The highest BCUT2D eigenvalue weighted by atomic mass is 16.3. The molecule has 0 unspecified atom stereocenters. The van der Waals surface area contributed by atoms with Gasteiger partial charge in [0.05, 0.1) is 5.69 Å². The Morgan fingerprint density at radius 2 is 1.83 bits per heavy atom. The van der Waals surface area contributed by atoms with Gasteiger partial charge in [-0.2, -0.15) is 5.10 Å². The number of rotatable bonds is 2. The summed E-state index contributed by atoms with van der Waals surface area (Å²) < 4.78 is 1.74. The number of fused-ring (bicyclic) bond motifs is 2. The third-order valence-electron chi connectivity index (χ3n) is 5.23. The van der Waals surface area contributed by atoms with Crippen molar-refractivity contribution in [1.29, 1.82) is 0 Å². The molecule has 2 saturated heterocycles. The van der Waals surface area contributed by atoms with Crippen molar-refractivity contribution < 1.29 is 9.90 Å². The normalized spacial score (nSPS) is 29.7. The second-order valence-corrected chi connectivity index (χ2v) is 6.61. The molecule has 0 radical (unpaired) electrons. The fourth-order valence-electron chi connectivity index (χ4n) is 4.24. The first-order chi connectivity index (χ1) is 11.1. The summed E-state index contributed by atoms with van der Waals surface area (Å²) in [5, 5.41) is 15.3. The molecule has 2 aromatic heterocycles. The van der Waals surface area contributed by atoms with E-state index in [0.717, 1.165) is 18.5 Å². The van der Waals surface area contributed by atoms with E-state index in [1.165, 1.54) is 0 Å². The molecule has 0 aliphatic carbocycles. The highest BCUT2D eigenvalue weighted by molar-refractivity contribution is 5.94. The summed E-state index contributed by atoms with van der Waals surface area (Å²) in [4.78, 5) is 18.8. The Morgan fingerprint density at radius 3 is 2.39 bits per heavy atom. The van der Waals surface area contributed by atoms with Gasteiger partial charge in [0.15, 0.2) is 0 Å². The van der Waals surface area contributed by atoms with Crippen LogP contribution in [0, 0.1) is 0 Å². The summed E-state index contributed by atoms with van der Waals surface area (Å²) in [6.45, 7) is 0. The lowest BCUT2D eigenvalue weighted by molar-refractivity contribution is -0.0530. The minimum atomic E-state index is -0.897. The number of aliphatic hydroxyl groups is 1. The van der Waals surface area contributed by atoms with Crippen molar-refractivity contribution in [3.8, 4) is 0 Å². The first kappa shape index (κ1) is 14.4. The van der Waals surface area contributed by atoms with Crippen LogP contribution >= 0.6 is 0 Å². The third kappa shape index (κ3) is 2.25. The minimum Gasteiger partial charge on any atom is -0.383 e. The van der Waals surface area contributed by atoms with Crippen molar-refractivity contribution in [2.24, 2.45) is 7.05 Å². The van der Waals surface area contributed by atoms with Crippen LogP contribution in [0.15, 0.2) is 36.8 Å². The predicted molar refractivity (Wildman–Crippen MR) is 83.6 cm³/mol. The summed E-state index contributed by atoms with van der Waals surface area (Å²) in [5.74, 6) is 0.0481. The average Bonchev–Trinajstić information content (AvgIpc) is 3.10. The second-order valence-electron chi connectivity index (χ2n) is 6.61. The van der Waals surface area contributed by atoms with E-state index in [1.807, 2.05) is 18.0 Å². The molecule has 0 saturated carbocycles. The number of nitrogens with zero attached hydrogens (tertiary/aromatic N) is 4. The number of aryl methyl sites for hydroxylation is 1. The largest absolute Gasteiger partial charge is 0.383 e. The maximum Gasteiger partial charge on any atom is 0.254 e. The summed E-state index contributed by atoms with van der Waals surface area (Å²) >= 11 is 0. The predicted octanol–water partition coefficient (Wildman–Crippen LogP) is 1.47. The van der Waals surface area contributed by atoms with Crippen LogP contribution in [0.3, 0.4) is 0 Å². The zero-order chi connectivity index (χ0) is 16.0. The second kappa shape index (κ2) is 5.16. The lowest BCUT2D eigenvalue weighted by Gasteiger charge is -2.43. The molecule has 4 rings (SSSR count). The average molecular weight is 312 g/mol. The van der Waals surface area contributed by atoms with Crippen molar-refractivity contribution in [2.45, 2.75) is 43.4 Å². The Labute approximate surface area is 134 Å². The van der Waals surface area contributed by atoms with E-state index in [4.69, 9.17) is 0 Å². The number of carbonyl (C=O) groups excluding carboxylic acids is 1. The van der Waals surface area contributed by atoms with Crippen molar-refractivity contribution in [3.05, 3.63) is 48.0 Å². The molecule has 1 N–H and O–H groups in total. The number of hydrogen-bond acceptors (Lipinski definition) is 4. The van der Waals surface area contributed by atoms with Gasteiger partial charge >= 0.3 is 0 Å². The van der Waals surface area contributed by atoms with E-state index in [1.54, 1.807) is 35.4 Å². The van der Waals surface area contributed by atoms with E-state index >= 15 is 0 Å². The molecule has 0 spiro atoms. The van der Waals surface area contributed by atoms with Crippen LogP contribution in [-0.4, -0.2) is 42.8 Å². The van der Waals surface area contributed by atoms with Gasteiger partial charge in [-0.25, -0.2) is 0 Å². The summed E-state index contributed by atoms with van der Waals surface area (Å²) in [5.41, 5.74) is 0.611. The van der Waals surface area contributed by atoms with Crippen LogP contribution in [0.25, 0.3) is 0 Å². The highest BCUT2D eigenvalue weighted by Gasteiger charge is 2.51. The zero-order valence-electron chi connectivity index (χ0n) is 13.1. The molecule has 2 aliphatic rings. The Balaban J connectivity index is 1.62. The Hall–Kier alpha value is -2.21. The molecule has 2 atom stereocenters. The summed E-state index contributed by atoms with van der Waals surface area (Å²) in [6, 6.07) is 5.54. The Kier molecular flexibility index (Phi) is 3.23. The monoisotopic (exact) mass is 312 g/mol. The Morgan fingerprint density at radius 1 is 1.17 bits per heavy atom. The summed E-state index contributed by atoms with van der Waals surface area (Å²) in [6.07, 6.45) is 8.03. The molecule has 6 heteroatoms. The zero-order valence-corrected chi connectivity index (χ0v) is 13.1. The lowest BCUT2D eigenvalue weighted by atomic mass is 9.83. The first-order valence-electron chi connectivity index (χ1n) is 8.02. The molecular formula is C17H20N4O2. The maximum atomic E-state index is 12.8. The maximum absolute atomic E-state index is 12.8. The van der Waals surface area contributed by atoms with Crippen LogP contribution in [0.5, 0.6) is 0 Å². The molecule has 1 amide bonds. The highest BCUT2D eigenvalue weighted by Crippen LogP contribution is 2.45. The summed E-state index contributed by atoms with van der Waals surface area (Å²) in [7, 11) is 1.85. The number of hydrogen-bond donors (Lipinski definition) is 1. The lowest BCUT2D eigenvalue weighted by Crippen LogP contribution is -2.52. The van der Waals surface area contributed by atoms with E-state index in [-0.39, 0.29) is 18.0 Å². The number of piperidine rings is 1. The Bertz CT molecular complexity index is 713. The quantitative estimate of drug-likeness (QED) is 0.911. The van der Waals surface area contributed by atoms with Crippen LogP contribution in [0.2, 0.25) is 0 Å². The van der Waals surface area contributed by atoms with Gasteiger partial charge in [0.2, 0.25) is 0 Å². The van der Waals surface area contributed by atoms with Crippen LogP contribution in [0.4, 0.5) is 0 Å². The van der Waals surface area contributed by atoms with Gasteiger partial charge in [0.25, 0.3) is 5.91 Å². The van der Waals surface area contributed by atoms with Gasteiger partial charge in [0.1, 0.15) is 5.60 Å². The van der Waals surface area contributed by atoms with Crippen molar-refractivity contribution >= 4 is 5.91 Å². The molecule has 2 bridgehead atoms. The number of pyridine rings is 1. The van der Waals surface area contributed by atoms with Crippen molar-refractivity contribution in [1.82, 2.24) is 19.7 Å². The van der Waals surface area contributed by atoms with Crippen LogP contribution < -0.4 is 0 Å². The van der Waals surface area contributed by atoms with Crippen molar-refractivity contribution in [2.75, 3.05) is 0 Å². The standard InChI is InChI=1S/C17H20N4O2/c1-20-15(6-9-19-20)17(23)10-13-2-3-14(11-17)21(13)16(22)12-4-7-18-8-5-12/h4-9,13-14,23H,2-3,10-11H2,1H3/t13-,14-/m0/s1. The SMILES string of the molecule is Cn1nccc1C1(O)C[C@@H]2CC[C@@H](C1)N2C(=O)c1ccncc1. The first-order valence-corrected chi connectivity index (χ1v) is 8.02. The van der Waals surface area contributed by atoms with Gasteiger partial charge in [0, 0.05) is 56.1 Å². The van der Waals surface area contributed by atoms with Gasteiger partial charge in [-0.3, -0.25) is 14.5 Å². The van der Waals surface area contributed by atoms with E-state index in [0.29, 0.717) is 18.4 Å². The van der Waals surface area contributed by atoms with Crippen LogP contribution in [0.1, 0.15) is 41.7 Å². The molecule has 2 aliphatic heterocycles. The fraction of sp³-hybridized carbons (Fsp3) is 0.471. The molecule has 23 heavy (non-hydrogen) atoms. The molecule has 4 heterocycles. The number of carbonyl (C=O) groups is 1. The molecular weight excluding hydrogens is 292 g/mol. The third-order valence-corrected chi connectivity index (χ3v) is 5.23. The van der Waals surface area contributed by atoms with Crippen molar-refractivity contribution in [3.63, 3.8) is 0 Å². The van der Waals surface area contributed by atoms with Gasteiger partial charge < -0.3 is 10.0 Å². The molecule has 0 aromatic carbocycles. The molecule has 120 valence electrons.